The summed E-state index contributed by atoms with van der Waals surface area (Å²) in [6.07, 6.45) is 2.64. The molecule has 0 heterocycles. The quantitative estimate of drug-likeness (QED) is 0.511. The molecular formula is C25H37FOS. The molecule has 0 amide bonds. The summed E-state index contributed by atoms with van der Waals surface area (Å²) in [5.41, 5.74) is 4.25. The van der Waals surface area contributed by atoms with E-state index in [1.54, 1.807) is 21.0 Å². The van der Waals surface area contributed by atoms with E-state index in [2.05, 4.69) is 63.3 Å². The molecule has 0 atom stereocenters. The monoisotopic (exact) mass is 404 g/mol. The smallest absolute Gasteiger partial charge is 0.130 e. The highest BCUT2D eigenvalue weighted by atomic mass is 32.1. The van der Waals surface area contributed by atoms with Crippen molar-refractivity contribution in [3.05, 3.63) is 53.1 Å². The lowest BCUT2D eigenvalue weighted by molar-refractivity contribution is 0.215. The number of unbranched alkanes of at least 4 members (excludes halogenated alkanes) is 1. The third kappa shape index (κ3) is 5.84. The Kier molecular flexibility index (Phi) is 9.23. The normalized spacial score (nSPS) is 13.5. The molecule has 0 fully saturated rings. The van der Waals surface area contributed by atoms with E-state index in [-0.39, 0.29) is 5.41 Å². The van der Waals surface area contributed by atoms with Crippen LogP contribution in [0.3, 0.4) is 0 Å². The van der Waals surface area contributed by atoms with Crippen LogP contribution < -0.4 is 0 Å². The van der Waals surface area contributed by atoms with Crippen LogP contribution in [0.5, 0.6) is 0 Å². The summed E-state index contributed by atoms with van der Waals surface area (Å²) in [4.78, 5) is 0.968. The maximum absolute atomic E-state index is 14.2. The van der Waals surface area contributed by atoms with Crippen molar-refractivity contribution in [1.82, 2.24) is 0 Å². The predicted octanol–water partition coefficient (Wildman–Crippen LogP) is 7.95. The Bertz CT molecular complexity index is 752. The molecule has 0 aromatic heterocycles. The summed E-state index contributed by atoms with van der Waals surface area (Å²) in [6.45, 7) is 14.7. The highest BCUT2D eigenvalue weighted by molar-refractivity contribution is 7.80. The van der Waals surface area contributed by atoms with Gasteiger partial charge in [0.2, 0.25) is 0 Å². The number of ether oxygens (including phenoxy) is 1. The topological polar surface area (TPSA) is 9.23 Å². The Labute approximate surface area is 177 Å². The van der Waals surface area contributed by atoms with E-state index in [0.717, 1.165) is 17.1 Å². The lowest BCUT2D eigenvalue weighted by atomic mass is 9.81. The van der Waals surface area contributed by atoms with Gasteiger partial charge in [-0.15, -0.1) is 12.6 Å². The largest absolute Gasteiger partial charge is 0.385 e. The van der Waals surface area contributed by atoms with E-state index in [1.165, 1.54) is 35.1 Å². The van der Waals surface area contributed by atoms with Gasteiger partial charge in [-0.2, -0.15) is 0 Å². The first-order valence-electron chi connectivity index (χ1n) is 10.2. The molecule has 0 bridgehead atoms. The third-order valence-electron chi connectivity index (χ3n) is 5.13. The number of fused-ring (bicyclic) bond motifs is 3. The molecule has 3 rings (SSSR count). The molecule has 0 radical (unpaired) electrons. The SMILES string of the molecule is CC(C)(F)c1ccc2c(c1)C(C)(C)c1cc(S)ccc1-2.CCCC.CCOC. The molecule has 156 valence electrons. The van der Waals surface area contributed by atoms with Gasteiger partial charge in [-0.05, 0) is 60.7 Å². The minimum absolute atomic E-state index is 0.106. The van der Waals surface area contributed by atoms with Crippen molar-refractivity contribution in [1.29, 1.82) is 0 Å². The molecule has 0 aliphatic heterocycles. The van der Waals surface area contributed by atoms with Crippen LogP contribution in [0.4, 0.5) is 4.39 Å². The molecule has 2 aromatic carbocycles. The van der Waals surface area contributed by atoms with Crippen LogP contribution in [0, 0.1) is 0 Å². The van der Waals surface area contributed by atoms with E-state index in [9.17, 15) is 4.39 Å². The summed E-state index contributed by atoms with van der Waals surface area (Å²) < 4.78 is 18.8. The number of hydrogen-bond acceptors (Lipinski definition) is 2. The van der Waals surface area contributed by atoms with Crippen molar-refractivity contribution < 1.29 is 9.13 Å². The third-order valence-corrected chi connectivity index (χ3v) is 5.41. The first kappa shape index (κ1) is 24.7. The van der Waals surface area contributed by atoms with Crippen molar-refractivity contribution in [2.24, 2.45) is 0 Å². The summed E-state index contributed by atoms with van der Waals surface area (Å²) in [7, 11) is 1.68. The standard InChI is InChI=1S/C18H19FS.C4H10.C3H8O/c1-17(2)15-9-11(18(3,4)19)5-7-13(15)14-8-6-12(20)10-16(14)17;2*1-3-4-2/h5-10,20H,1-4H3;3-4H2,1-2H3;3H2,1-2H3. The van der Waals surface area contributed by atoms with Crippen LogP contribution >= 0.6 is 12.6 Å². The van der Waals surface area contributed by atoms with Gasteiger partial charge in [0.25, 0.3) is 0 Å². The lowest BCUT2D eigenvalue weighted by Gasteiger charge is -2.23. The molecular weight excluding hydrogens is 367 g/mol. The molecule has 28 heavy (non-hydrogen) atoms. The number of methoxy groups -OCH3 is 1. The van der Waals surface area contributed by atoms with Crippen molar-refractivity contribution in [3.63, 3.8) is 0 Å². The predicted molar refractivity (Wildman–Crippen MR) is 124 cm³/mol. The molecule has 0 unspecified atom stereocenters. The van der Waals surface area contributed by atoms with Gasteiger partial charge in [0.15, 0.2) is 0 Å². The van der Waals surface area contributed by atoms with Crippen LogP contribution in [0.1, 0.15) is 78.0 Å². The molecule has 0 spiro atoms. The van der Waals surface area contributed by atoms with Crippen LogP contribution in [0.15, 0.2) is 41.3 Å². The van der Waals surface area contributed by atoms with E-state index < -0.39 is 5.67 Å². The summed E-state index contributed by atoms with van der Waals surface area (Å²) in [6, 6.07) is 12.2. The number of rotatable bonds is 3. The highest BCUT2D eigenvalue weighted by Crippen LogP contribution is 2.50. The van der Waals surface area contributed by atoms with Gasteiger partial charge in [-0.25, -0.2) is 4.39 Å². The fourth-order valence-corrected chi connectivity index (χ4v) is 3.30. The van der Waals surface area contributed by atoms with E-state index >= 15 is 0 Å². The maximum atomic E-state index is 14.2. The van der Waals surface area contributed by atoms with Gasteiger partial charge in [0.1, 0.15) is 5.67 Å². The molecule has 0 saturated heterocycles. The fourth-order valence-electron chi connectivity index (χ4n) is 3.10. The molecule has 0 saturated carbocycles. The lowest BCUT2D eigenvalue weighted by Crippen LogP contribution is -2.17. The Morgan fingerprint density at radius 1 is 0.929 bits per heavy atom. The summed E-state index contributed by atoms with van der Waals surface area (Å²) in [5.74, 6) is 0. The van der Waals surface area contributed by atoms with E-state index in [0.29, 0.717) is 0 Å². The van der Waals surface area contributed by atoms with Gasteiger partial charge >= 0.3 is 0 Å². The van der Waals surface area contributed by atoms with Crippen LogP contribution in [-0.4, -0.2) is 13.7 Å². The number of hydrogen-bond donors (Lipinski definition) is 1. The van der Waals surface area contributed by atoms with Crippen LogP contribution in [0.25, 0.3) is 11.1 Å². The van der Waals surface area contributed by atoms with E-state index in [1.807, 2.05) is 25.1 Å². The molecule has 1 nitrogen and oxygen atoms in total. The Morgan fingerprint density at radius 2 is 1.39 bits per heavy atom. The molecule has 1 aliphatic carbocycles. The Morgan fingerprint density at radius 3 is 1.82 bits per heavy atom. The molecule has 3 heteroatoms. The highest BCUT2D eigenvalue weighted by Gasteiger charge is 2.36. The number of benzene rings is 2. The molecule has 0 N–H and O–H groups in total. The zero-order valence-electron chi connectivity index (χ0n) is 18.8. The Balaban J connectivity index is 0.000000420. The summed E-state index contributed by atoms with van der Waals surface area (Å²) in [5, 5.41) is 0. The number of thiol groups is 1. The minimum Gasteiger partial charge on any atom is -0.385 e. The van der Waals surface area contributed by atoms with Crippen LogP contribution in [0.2, 0.25) is 0 Å². The first-order valence-corrected chi connectivity index (χ1v) is 10.7. The number of alkyl halides is 1. The summed E-state index contributed by atoms with van der Waals surface area (Å²) >= 11 is 4.45. The van der Waals surface area contributed by atoms with Gasteiger partial charge < -0.3 is 4.74 Å². The Hall–Kier alpha value is -1.32. The van der Waals surface area contributed by atoms with Crippen molar-refractivity contribution >= 4 is 12.6 Å². The second-order valence-corrected chi connectivity index (χ2v) is 8.68. The maximum Gasteiger partial charge on any atom is 0.130 e. The van der Waals surface area contributed by atoms with Crippen LogP contribution in [-0.2, 0) is 15.8 Å². The average Bonchev–Trinajstić information content (AvgIpc) is 2.88. The average molecular weight is 405 g/mol. The second-order valence-electron chi connectivity index (χ2n) is 8.17. The van der Waals surface area contributed by atoms with Gasteiger partial charge in [-0.1, -0.05) is 64.8 Å². The van der Waals surface area contributed by atoms with E-state index in [4.69, 9.17) is 0 Å². The molecule has 1 aliphatic rings. The number of halogens is 1. The zero-order valence-corrected chi connectivity index (χ0v) is 19.7. The van der Waals surface area contributed by atoms with Gasteiger partial charge in [0, 0.05) is 24.0 Å². The van der Waals surface area contributed by atoms with Gasteiger partial charge in [-0.3, -0.25) is 0 Å². The minimum atomic E-state index is -1.31. The zero-order chi connectivity index (χ0) is 21.5. The second kappa shape index (κ2) is 10.5. The van der Waals surface area contributed by atoms with Gasteiger partial charge in [0.05, 0.1) is 0 Å². The van der Waals surface area contributed by atoms with Crippen molar-refractivity contribution in [2.45, 2.75) is 77.3 Å². The first-order chi connectivity index (χ1) is 13.0. The molecule has 2 aromatic rings. The van der Waals surface area contributed by atoms with Crippen molar-refractivity contribution in [2.75, 3.05) is 13.7 Å². The fraction of sp³-hybridized carbons (Fsp3) is 0.520. The van der Waals surface area contributed by atoms with Crippen molar-refractivity contribution in [3.8, 4) is 11.1 Å².